The highest BCUT2D eigenvalue weighted by atomic mass is 16.4. The lowest BCUT2D eigenvalue weighted by atomic mass is 10.1. The summed E-state index contributed by atoms with van der Waals surface area (Å²) in [7, 11) is 0. The summed E-state index contributed by atoms with van der Waals surface area (Å²) in [4.78, 5) is 10.4. The third-order valence-electron chi connectivity index (χ3n) is 1.09. The van der Waals surface area contributed by atoms with Crippen molar-refractivity contribution in [1.82, 2.24) is 5.32 Å². The fourth-order valence-corrected chi connectivity index (χ4v) is 0.708. The van der Waals surface area contributed by atoms with Crippen LogP contribution in [0.1, 0.15) is 20.8 Å². The molecule has 0 aliphatic carbocycles. The average molecular weight is 179 g/mol. The third-order valence-corrected chi connectivity index (χ3v) is 1.09. The van der Waals surface area contributed by atoms with E-state index in [0.29, 0.717) is 0 Å². The number of hydrogen-bond acceptors (Lipinski definition) is 3. The minimum absolute atomic E-state index is 0. The fourth-order valence-electron chi connectivity index (χ4n) is 0.708. The Morgan fingerprint density at radius 1 is 1.50 bits per heavy atom. The molecule has 0 aromatic heterocycles. The van der Waals surface area contributed by atoms with Crippen molar-refractivity contribution in [3.8, 4) is 0 Å². The highest BCUT2D eigenvalue weighted by Gasteiger charge is 2.21. The van der Waals surface area contributed by atoms with Crippen molar-refractivity contribution < 1.29 is 20.5 Å². The van der Waals surface area contributed by atoms with E-state index in [9.17, 15) is 4.79 Å². The van der Waals surface area contributed by atoms with Crippen LogP contribution in [-0.4, -0.2) is 39.8 Å². The number of carboxylic acids is 1. The van der Waals surface area contributed by atoms with E-state index in [1.54, 1.807) is 0 Å². The second-order valence-corrected chi connectivity index (χ2v) is 3.47. The molecule has 0 unspecified atom stereocenters. The quantitative estimate of drug-likeness (QED) is 0.517. The Morgan fingerprint density at radius 2 is 1.92 bits per heavy atom. The number of aliphatic hydroxyl groups excluding tert-OH is 1. The van der Waals surface area contributed by atoms with Gasteiger partial charge in [-0.2, -0.15) is 0 Å². The van der Waals surface area contributed by atoms with Crippen LogP contribution < -0.4 is 5.32 Å². The predicted octanol–water partition coefficient (Wildman–Crippen LogP) is -1.00. The SMILES string of the molecule is CC(C)(C)N[C@@H](CO)C(=O)O.O. The van der Waals surface area contributed by atoms with Crippen LogP contribution in [-0.2, 0) is 4.79 Å². The van der Waals surface area contributed by atoms with E-state index in [-0.39, 0.29) is 17.6 Å². The first-order valence-electron chi connectivity index (χ1n) is 3.48. The van der Waals surface area contributed by atoms with Crippen molar-refractivity contribution >= 4 is 5.97 Å². The van der Waals surface area contributed by atoms with Gasteiger partial charge < -0.3 is 15.7 Å². The second-order valence-electron chi connectivity index (χ2n) is 3.47. The van der Waals surface area contributed by atoms with Gasteiger partial charge in [-0.15, -0.1) is 0 Å². The largest absolute Gasteiger partial charge is 0.480 e. The van der Waals surface area contributed by atoms with E-state index < -0.39 is 12.0 Å². The molecular weight excluding hydrogens is 162 g/mol. The first-order chi connectivity index (χ1) is 4.87. The molecule has 5 nitrogen and oxygen atoms in total. The normalized spacial score (nSPS) is 13.3. The minimum Gasteiger partial charge on any atom is -0.480 e. The summed E-state index contributed by atoms with van der Waals surface area (Å²) >= 11 is 0. The molecule has 5 heteroatoms. The molecule has 0 radical (unpaired) electrons. The van der Waals surface area contributed by atoms with Crippen molar-refractivity contribution in [3.63, 3.8) is 0 Å². The molecular formula is C7H17NO4. The molecule has 0 spiro atoms. The fraction of sp³-hybridized carbons (Fsp3) is 0.857. The molecule has 1 atom stereocenters. The number of aliphatic carboxylic acids is 1. The lowest BCUT2D eigenvalue weighted by molar-refractivity contribution is -0.141. The molecule has 74 valence electrons. The molecule has 0 aliphatic rings. The van der Waals surface area contributed by atoms with Crippen LogP contribution in [0.4, 0.5) is 0 Å². The zero-order valence-corrected chi connectivity index (χ0v) is 7.59. The summed E-state index contributed by atoms with van der Waals surface area (Å²) in [6.45, 7) is 5.16. The van der Waals surface area contributed by atoms with Gasteiger partial charge in [0.1, 0.15) is 6.04 Å². The summed E-state index contributed by atoms with van der Waals surface area (Å²) in [5, 5.41) is 19.9. The molecule has 0 bridgehead atoms. The maximum absolute atomic E-state index is 10.4. The lowest BCUT2D eigenvalue weighted by Crippen LogP contribution is -2.49. The molecule has 0 heterocycles. The Morgan fingerprint density at radius 3 is 2.00 bits per heavy atom. The lowest BCUT2D eigenvalue weighted by Gasteiger charge is -2.24. The topological polar surface area (TPSA) is 101 Å². The van der Waals surface area contributed by atoms with Gasteiger partial charge in [-0.3, -0.25) is 10.1 Å². The van der Waals surface area contributed by atoms with Gasteiger partial charge in [0.15, 0.2) is 0 Å². The molecule has 0 saturated carbocycles. The molecule has 0 fully saturated rings. The van der Waals surface area contributed by atoms with E-state index in [1.807, 2.05) is 20.8 Å². The van der Waals surface area contributed by atoms with Crippen molar-refractivity contribution in [3.05, 3.63) is 0 Å². The van der Waals surface area contributed by atoms with E-state index in [4.69, 9.17) is 10.2 Å². The van der Waals surface area contributed by atoms with E-state index in [1.165, 1.54) is 0 Å². The van der Waals surface area contributed by atoms with Crippen LogP contribution in [0.2, 0.25) is 0 Å². The van der Waals surface area contributed by atoms with E-state index in [0.717, 1.165) is 0 Å². The smallest absolute Gasteiger partial charge is 0.323 e. The van der Waals surface area contributed by atoms with E-state index in [2.05, 4.69) is 5.32 Å². The zero-order valence-electron chi connectivity index (χ0n) is 7.59. The summed E-state index contributed by atoms with van der Waals surface area (Å²) in [5.74, 6) is -1.03. The van der Waals surface area contributed by atoms with Crippen LogP contribution in [0, 0.1) is 0 Å². The molecule has 5 N–H and O–H groups in total. The second kappa shape index (κ2) is 5.08. The summed E-state index contributed by atoms with van der Waals surface area (Å²) < 4.78 is 0. The molecule has 0 amide bonds. The minimum atomic E-state index is -1.03. The summed E-state index contributed by atoms with van der Waals surface area (Å²) in [6.07, 6.45) is 0. The Bertz CT molecular complexity index is 141. The number of carbonyl (C=O) groups is 1. The molecule has 0 aliphatic heterocycles. The van der Waals surface area contributed by atoms with Crippen LogP contribution in [0.5, 0.6) is 0 Å². The van der Waals surface area contributed by atoms with Gasteiger partial charge in [0, 0.05) is 5.54 Å². The molecule has 0 rings (SSSR count). The van der Waals surface area contributed by atoms with Crippen LogP contribution in [0.25, 0.3) is 0 Å². The number of hydrogen-bond donors (Lipinski definition) is 3. The molecule has 0 saturated heterocycles. The summed E-state index contributed by atoms with van der Waals surface area (Å²) in [6, 6.07) is -0.866. The van der Waals surface area contributed by atoms with Gasteiger partial charge in [0.25, 0.3) is 0 Å². The maximum atomic E-state index is 10.4. The van der Waals surface area contributed by atoms with Crippen molar-refractivity contribution in [2.45, 2.75) is 32.4 Å². The number of carboxylic acid groups (broad SMARTS) is 1. The van der Waals surface area contributed by atoms with Gasteiger partial charge >= 0.3 is 5.97 Å². The van der Waals surface area contributed by atoms with Gasteiger partial charge in [-0.05, 0) is 20.8 Å². The maximum Gasteiger partial charge on any atom is 0.323 e. The summed E-state index contributed by atoms with van der Waals surface area (Å²) in [5.41, 5.74) is -0.286. The van der Waals surface area contributed by atoms with Crippen LogP contribution in [0.3, 0.4) is 0 Å². The first-order valence-corrected chi connectivity index (χ1v) is 3.48. The predicted molar refractivity (Wildman–Crippen MR) is 45.0 cm³/mol. The Balaban J connectivity index is 0. The first kappa shape index (κ1) is 13.9. The average Bonchev–Trinajstić information content (AvgIpc) is 1.80. The molecule has 12 heavy (non-hydrogen) atoms. The zero-order chi connectivity index (χ0) is 9.07. The molecule has 0 aromatic carbocycles. The van der Waals surface area contributed by atoms with Gasteiger partial charge in [0.2, 0.25) is 0 Å². The highest BCUT2D eigenvalue weighted by molar-refractivity contribution is 5.73. The van der Waals surface area contributed by atoms with Crippen molar-refractivity contribution in [1.29, 1.82) is 0 Å². The van der Waals surface area contributed by atoms with Crippen LogP contribution in [0.15, 0.2) is 0 Å². The van der Waals surface area contributed by atoms with Crippen molar-refractivity contribution in [2.24, 2.45) is 0 Å². The monoisotopic (exact) mass is 179 g/mol. The highest BCUT2D eigenvalue weighted by Crippen LogP contribution is 2.00. The third kappa shape index (κ3) is 6.09. The Hall–Kier alpha value is -0.650. The van der Waals surface area contributed by atoms with Gasteiger partial charge in [-0.25, -0.2) is 0 Å². The van der Waals surface area contributed by atoms with Crippen LogP contribution >= 0.6 is 0 Å². The van der Waals surface area contributed by atoms with Crippen molar-refractivity contribution in [2.75, 3.05) is 6.61 Å². The standard InChI is InChI=1S/C7H15NO3.H2O/c1-7(2,3)8-5(4-9)6(10)11;/h5,8-9H,4H2,1-3H3,(H,10,11);1H2/t5-;/m0./s1. The Labute approximate surface area is 71.7 Å². The van der Waals surface area contributed by atoms with E-state index >= 15 is 0 Å². The number of nitrogens with one attached hydrogen (secondary N) is 1. The Kier molecular flexibility index (Phi) is 5.88. The van der Waals surface area contributed by atoms with Gasteiger partial charge in [-0.1, -0.05) is 0 Å². The number of rotatable bonds is 3. The van der Waals surface area contributed by atoms with Gasteiger partial charge in [0.05, 0.1) is 6.61 Å². The number of aliphatic hydroxyl groups is 1. The molecule has 0 aromatic rings.